The summed E-state index contributed by atoms with van der Waals surface area (Å²) in [7, 11) is 0. The first-order valence-electron chi connectivity index (χ1n) is 4.43. The Kier molecular flexibility index (Phi) is 1.26. The van der Waals surface area contributed by atoms with E-state index in [-0.39, 0.29) is 6.10 Å². The normalized spacial score (nSPS) is 49.5. The highest BCUT2D eigenvalue weighted by molar-refractivity contribution is 5.32. The van der Waals surface area contributed by atoms with Gasteiger partial charge in [-0.2, -0.15) is 0 Å². The third kappa shape index (κ3) is 0.750. The fourth-order valence-electron chi connectivity index (χ4n) is 2.80. The fraction of sp³-hybridized carbons (Fsp3) is 0.800. The number of fused-ring (bicyclic) bond motifs is 1. The van der Waals surface area contributed by atoms with E-state index in [2.05, 4.69) is 19.9 Å². The molecule has 0 saturated heterocycles. The van der Waals surface area contributed by atoms with Crippen LogP contribution in [0.3, 0.4) is 0 Å². The molecule has 1 nitrogen and oxygen atoms in total. The number of hydrogen-bond acceptors (Lipinski definition) is 1. The second-order valence-electron chi connectivity index (χ2n) is 4.45. The molecule has 2 aliphatic rings. The maximum absolute atomic E-state index is 9.55. The summed E-state index contributed by atoms with van der Waals surface area (Å²) in [6.45, 7) is 6.64. The second-order valence-corrected chi connectivity index (χ2v) is 4.45. The van der Waals surface area contributed by atoms with E-state index >= 15 is 0 Å². The van der Waals surface area contributed by atoms with Gasteiger partial charge in [-0.25, -0.2) is 0 Å². The Morgan fingerprint density at radius 1 is 1.55 bits per heavy atom. The molecule has 11 heavy (non-hydrogen) atoms. The summed E-state index contributed by atoms with van der Waals surface area (Å²) in [5, 5.41) is 9.55. The summed E-state index contributed by atoms with van der Waals surface area (Å²) < 4.78 is 0. The largest absolute Gasteiger partial charge is 0.389 e. The van der Waals surface area contributed by atoms with Crippen LogP contribution in [0.15, 0.2) is 11.6 Å². The zero-order chi connectivity index (χ0) is 8.22. The van der Waals surface area contributed by atoms with Crippen LogP contribution in [0.2, 0.25) is 0 Å². The van der Waals surface area contributed by atoms with Crippen LogP contribution in [-0.4, -0.2) is 11.2 Å². The van der Waals surface area contributed by atoms with Crippen molar-refractivity contribution < 1.29 is 5.11 Å². The minimum absolute atomic E-state index is 0.122. The summed E-state index contributed by atoms with van der Waals surface area (Å²) in [6, 6.07) is 0. The lowest BCUT2D eigenvalue weighted by Gasteiger charge is -2.14. The third-order valence-corrected chi connectivity index (χ3v) is 3.60. The molecule has 0 spiro atoms. The smallest absolute Gasteiger partial charge is 0.0756 e. The summed E-state index contributed by atoms with van der Waals surface area (Å²) >= 11 is 0. The third-order valence-electron chi connectivity index (χ3n) is 3.60. The molecule has 0 radical (unpaired) electrons. The zero-order valence-corrected chi connectivity index (χ0v) is 7.46. The molecule has 62 valence electrons. The van der Waals surface area contributed by atoms with Crippen molar-refractivity contribution in [2.24, 2.45) is 17.3 Å². The van der Waals surface area contributed by atoms with Gasteiger partial charge in [0.25, 0.3) is 0 Å². The molecule has 0 aromatic rings. The molecule has 0 heterocycles. The number of aliphatic hydroxyl groups excluding tert-OH is 1. The van der Waals surface area contributed by atoms with Crippen molar-refractivity contribution in [1.82, 2.24) is 0 Å². The van der Waals surface area contributed by atoms with Gasteiger partial charge in [-0.05, 0) is 36.2 Å². The SMILES string of the molecule is C/C=C1\[C@H](O)C[C@@H]2[C@H]1C2(C)C. The fourth-order valence-corrected chi connectivity index (χ4v) is 2.80. The summed E-state index contributed by atoms with van der Waals surface area (Å²) in [6.07, 6.45) is 2.98. The summed E-state index contributed by atoms with van der Waals surface area (Å²) in [5.41, 5.74) is 1.78. The number of allylic oxidation sites excluding steroid dienone is 1. The van der Waals surface area contributed by atoms with Gasteiger partial charge in [0.15, 0.2) is 0 Å². The lowest BCUT2D eigenvalue weighted by molar-refractivity contribution is 0.191. The average molecular weight is 152 g/mol. The molecular weight excluding hydrogens is 136 g/mol. The Morgan fingerprint density at radius 2 is 2.18 bits per heavy atom. The minimum Gasteiger partial charge on any atom is -0.389 e. The van der Waals surface area contributed by atoms with Gasteiger partial charge in [0.05, 0.1) is 6.10 Å². The van der Waals surface area contributed by atoms with Crippen LogP contribution < -0.4 is 0 Å². The summed E-state index contributed by atoms with van der Waals surface area (Å²) in [5.74, 6) is 1.46. The molecule has 0 amide bonds. The second kappa shape index (κ2) is 1.89. The van der Waals surface area contributed by atoms with Gasteiger partial charge in [0.2, 0.25) is 0 Å². The van der Waals surface area contributed by atoms with Gasteiger partial charge in [-0.1, -0.05) is 19.9 Å². The average Bonchev–Trinajstić information content (AvgIpc) is 2.38. The molecule has 2 aliphatic carbocycles. The summed E-state index contributed by atoms with van der Waals surface area (Å²) in [4.78, 5) is 0. The Bertz CT molecular complexity index is 215. The van der Waals surface area contributed by atoms with Crippen LogP contribution in [0.25, 0.3) is 0 Å². The first-order valence-corrected chi connectivity index (χ1v) is 4.43. The standard InChI is InChI=1S/C10H16O/c1-4-6-8(11)5-7-9(6)10(7,2)3/h4,7-9,11H,5H2,1-3H3/b6-4+/t7-,8-,9+/m1/s1. The van der Waals surface area contributed by atoms with Gasteiger partial charge >= 0.3 is 0 Å². The molecule has 1 heteroatoms. The van der Waals surface area contributed by atoms with E-state index in [1.54, 1.807) is 0 Å². The number of hydrogen-bond donors (Lipinski definition) is 1. The van der Waals surface area contributed by atoms with Crippen molar-refractivity contribution >= 4 is 0 Å². The topological polar surface area (TPSA) is 20.2 Å². The lowest BCUT2D eigenvalue weighted by atomic mass is 9.95. The first-order chi connectivity index (χ1) is 5.09. The van der Waals surface area contributed by atoms with Crippen molar-refractivity contribution in [3.63, 3.8) is 0 Å². The van der Waals surface area contributed by atoms with E-state index in [4.69, 9.17) is 0 Å². The molecule has 2 rings (SSSR count). The predicted octanol–water partition coefficient (Wildman–Crippen LogP) is 1.97. The van der Waals surface area contributed by atoms with Gasteiger partial charge in [0.1, 0.15) is 0 Å². The zero-order valence-electron chi connectivity index (χ0n) is 7.46. The number of rotatable bonds is 0. The van der Waals surface area contributed by atoms with Crippen molar-refractivity contribution in [3.05, 3.63) is 11.6 Å². The molecule has 0 unspecified atom stereocenters. The Hall–Kier alpha value is -0.300. The van der Waals surface area contributed by atoms with Crippen molar-refractivity contribution in [3.8, 4) is 0 Å². The van der Waals surface area contributed by atoms with Crippen LogP contribution in [-0.2, 0) is 0 Å². The maximum atomic E-state index is 9.55. The van der Waals surface area contributed by atoms with Crippen LogP contribution in [0.5, 0.6) is 0 Å². The molecule has 2 fully saturated rings. The first kappa shape index (κ1) is 7.35. The molecule has 0 bridgehead atoms. The van der Waals surface area contributed by atoms with Gasteiger partial charge < -0.3 is 5.11 Å². The van der Waals surface area contributed by atoms with Crippen molar-refractivity contribution in [1.29, 1.82) is 0 Å². The van der Waals surface area contributed by atoms with Crippen LogP contribution >= 0.6 is 0 Å². The molecule has 0 aromatic heterocycles. The van der Waals surface area contributed by atoms with Crippen LogP contribution in [0.4, 0.5) is 0 Å². The molecule has 0 aromatic carbocycles. The molecule has 2 saturated carbocycles. The Morgan fingerprint density at radius 3 is 2.55 bits per heavy atom. The van der Waals surface area contributed by atoms with Crippen molar-refractivity contribution in [2.45, 2.75) is 33.3 Å². The molecule has 0 aliphatic heterocycles. The Labute approximate surface area is 68.1 Å². The van der Waals surface area contributed by atoms with Gasteiger partial charge in [-0.3, -0.25) is 0 Å². The van der Waals surface area contributed by atoms with E-state index in [0.29, 0.717) is 11.3 Å². The highest BCUT2D eigenvalue weighted by Crippen LogP contribution is 2.68. The van der Waals surface area contributed by atoms with Gasteiger partial charge in [-0.15, -0.1) is 0 Å². The molecular formula is C10H16O. The quantitative estimate of drug-likeness (QED) is 0.526. The lowest BCUT2D eigenvalue weighted by Crippen LogP contribution is -2.12. The van der Waals surface area contributed by atoms with E-state index < -0.39 is 0 Å². The Balaban J connectivity index is 2.24. The highest BCUT2D eigenvalue weighted by Gasteiger charge is 2.64. The maximum Gasteiger partial charge on any atom is 0.0756 e. The molecule has 3 atom stereocenters. The monoisotopic (exact) mass is 152 g/mol. The van der Waals surface area contributed by atoms with Crippen LogP contribution in [0, 0.1) is 17.3 Å². The predicted molar refractivity (Wildman–Crippen MR) is 45.1 cm³/mol. The van der Waals surface area contributed by atoms with Gasteiger partial charge in [0, 0.05) is 0 Å². The van der Waals surface area contributed by atoms with E-state index in [1.807, 2.05) is 6.92 Å². The molecule has 1 N–H and O–H groups in total. The van der Waals surface area contributed by atoms with E-state index in [1.165, 1.54) is 5.57 Å². The highest BCUT2D eigenvalue weighted by atomic mass is 16.3. The van der Waals surface area contributed by atoms with E-state index in [9.17, 15) is 5.11 Å². The minimum atomic E-state index is -0.122. The van der Waals surface area contributed by atoms with Crippen LogP contribution in [0.1, 0.15) is 27.2 Å². The van der Waals surface area contributed by atoms with E-state index in [0.717, 1.165) is 12.3 Å². The van der Waals surface area contributed by atoms with Crippen molar-refractivity contribution in [2.75, 3.05) is 0 Å². The number of aliphatic hydroxyl groups is 1.